The van der Waals surface area contributed by atoms with E-state index >= 15 is 0 Å². The minimum atomic E-state index is 0.133. The Morgan fingerprint density at radius 1 is 1.22 bits per heavy atom. The smallest absolute Gasteiger partial charge is 0.220 e. The summed E-state index contributed by atoms with van der Waals surface area (Å²) in [6.07, 6.45) is 6.82. The van der Waals surface area contributed by atoms with Crippen LogP contribution in [0, 0.1) is 5.92 Å². The van der Waals surface area contributed by atoms with Gasteiger partial charge >= 0.3 is 0 Å². The minimum Gasteiger partial charge on any atom is -0.376 e. The van der Waals surface area contributed by atoms with Gasteiger partial charge in [0.2, 0.25) is 5.91 Å². The molecule has 1 N–H and O–H groups in total. The third-order valence-electron chi connectivity index (χ3n) is 5.50. The molecule has 1 aromatic heterocycles. The van der Waals surface area contributed by atoms with E-state index in [0.717, 1.165) is 50.4 Å². The Bertz CT molecular complexity index is 765. The number of carbonyl (C=O) groups is 1. The highest BCUT2D eigenvalue weighted by atomic mass is 16.5. The highest BCUT2D eigenvalue weighted by Crippen LogP contribution is 2.32. The molecule has 2 aromatic rings. The van der Waals surface area contributed by atoms with Crippen LogP contribution in [0.25, 0.3) is 0 Å². The molecule has 2 aliphatic rings. The molecule has 0 bridgehead atoms. The first kappa shape index (κ1) is 18.2. The van der Waals surface area contributed by atoms with Gasteiger partial charge in [0.15, 0.2) is 0 Å². The van der Waals surface area contributed by atoms with Crippen molar-refractivity contribution in [3.8, 4) is 0 Å². The Kier molecular flexibility index (Phi) is 5.87. The van der Waals surface area contributed by atoms with Crippen molar-refractivity contribution in [2.75, 3.05) is 13.2 Å². The molecule has 5 nitrogen and oxygen atoms in total. The summed E-state index contributed by atoms with van der Waals surface area (Å²) >= 11 is 0. The number of benzene rings is 1. The predicted octanol–water partition coefficient (Wildman–Crippen LogP) is 3.05. The van der Waals surface area contributed by atoms with Crippen LogP contribution in [0.2, 0.25) is 0 Å². The van der Waals surface area contributed by atoms with E-state index in [1.54, 1.807) is 0 Å². The van der Waals surface area contributed by atoms with Gasteiger partial charge in [0, 0.05) is 43.6 Å². The van der Waals surface area contributed by atoms with E-state index in [-0.39, 0.29) is 5.91 Å². The first-order chi connectivity index (χ1) is 13.3. The van der Waals surface area contributed by atoms with E-state index in [1.165, 1.54) is 29.7 Å². The van der Waals surface area contributed by atoms with Crippen LogP contribution in [-0.4, -0.2) is 28.8 Å². The van der Waals surface area contributed by atoms with Crippen molar-refractivity contribution >= 4 is 5.91 Å². The summed E-state index contributed by atoms with van der Waals surface area (Å²) in [5.41, 5.74) is 5.02. The highest BCUT2D eigenvalue weighted by Gasteiger charge is 2.27. The molecule has 0 radical (unpaired) electrons. The number of amides is 1. The number of nitrogens with one attached hydrogen (secondary N) is 1. The Labute approximate surface area is 161 Å². The molecular weight excluding hydrogens is 338 g/mol. The molecule has 4 rings (SSSR count). The van der Waals surface area contributed by atoms with Crippen LogP contribution < -0.4 is 5.32 Å². The second-order valence-electron chi connectivity index (χ2n) is 7.74. The average Bonchev–Trinajstić information content (AvgIpc) is 3.45. The average molecular weight is 367 g/mol. The topological polar surface area (TPSA) is 56.2 Å². The van der Waals surface area contributed by atoms with Crippen molar-refractivity contribution in [1.82, 2.24) is 15.1 Å². The Hall–Kier alpha value is -2.14. The Morgan fingerprint density at radius 2 is 2.07 bits per heavy atom. The molecule has 0 spiro atoms. The number of aryl methyl sites for hydroxylation is 1. The summed E-state index contributed by atoms with van der Waals surface area (Å²) in [4.78, 5) is 12.1. The number of hydrogen-bond donors (Lipinski definition) is 1. The molecule has 0 saturated heterocycles. The van der Waals surface area contributed by atoms with Crippen LogP contribution in [-0.2, 0) is 41.9 Å². The summed E-state index contributed by atoms with van der Waals surface area (Å²) in [6.45, 7) is 3.16. The molecule has 0 atom stereocenters. The first-order valence-electron chi connectivity index (χ1n) is 10.3. The van der Waals surface area contributed by atoms with Crippen molar-refractivity contribution < 1.29 is 9.53 Å². The van der Waals surface area contributed by atoms with Gasteiger partial charge in [-0.15, -0.1) is 0 Å². The molecule has 1 fully saturated rings. The maximum absolute atomic E-state index is 12.1. The SMILES string of the molecule is O=C(CCCc1ccccc1)NCCc1nn(CC2CC2)c2c1COCC2. The molecule has 27 heavy (non-hydrogen) atoms. The monoisotopic (exact) mass is 367 g/mol. The molecule has 1 aromatic carbocycles. The van der Waals surface area contributed by atoms with Crippen molar-refractivity contribution in [3.63, 3.8) is 0 Å². The maximum Gasteiger partial charge on any atom is 0.220 e. The van der Waals surface area contributed by atoms with Gasteiger partial charge in [0.1, 0.15) is 0 Å². The second kappa shape index (κ2) is 8.70. The number of fused-ring (bicyclic) bond motifs is 1. The van der Waals surface area contributed by atoms with Gasteiger partial charge in [0.05, 0.1) is 18.9 Å². The van der Waals surface area contributed by atoms with E-state index in [4.69, 9.17) is 9.84 Å². The first-order valence-corrected chi connectivity index (χ1v) is 10.3. The van der Waals surface area contributed by atoms with Crippen LogP contribution in [0.3, 0.4) is 0 Å². The zero-order valence-corrected chi connectivity index (χ0v) is 16.0. The van der Waals surface area contributed by atoms with E-state index in [1.807, 2.05) is 18.2 Å². The molecule has 0 unspecified atom stereocenters. The van der Waals surface area contributed by atoms with Crippen molar-refractivity contribution in [1.29, 1.82) is 0 Å². The van der Waals surface area contributed by atoms with Gasteiger partial charge in [-0.3, -0.25) is 9.48 Å². The minimum absolute atomic E-state index is 0.133. The predicted molar refractivity (Wildman–Crippen MR) is 104 cm³/mol. The molecule has 1 aliphatic carbocycles. The van der Waals surface area contributed by atoms with Gasteiger partial charge in [-0.2, -0.15) is 5.10 Å². The zero-order valence-electron chi connectivity index (χ0n) is 16.0. The largest absolute Gasteiger partial charge is 0.376 e. The zero-order chi connectivity index (χ0) is 18.5. The lowest BCUT2D eigenvalue weighted by Gasteiger charge is -2.15. The second-order valence-corrected chi connectivity index (χ2v) is 7.74. The summed E-state index contributed by atoms with van der Waals surface area (Å²) in [5.74, 6) is 0.947. The molecule has 1 amide bonds. The number of ether oxygens (including phenoxy) is 1. The van der Waals surface area contributed by atoms with Gasteiger partial charge in [-0.1, -0.05) is 30.3 Å². The Morgan fingerprint density at radius 3 is 2.89 bits per heavy atom. The maximum atomic E-state index is 12.1. The van der Waals surface area contributed by atoms with Gasteiger partial charge in [-0.05, 0) is 37.2 Å². The molecular formula is C22H29N3O2. The lowest BCUT2D eigenvalue weighted by atomic mass is 10.1. The van der Waals surface area contributed by atoms with Crippen LogP contribution in [0.1, 0.15) is 48.2 Å². The molecule has 2 heterocycles. The van der Waals surface area contributed by atoms with Gasteiger partial charge in [-0.25, -0.2) is 0 Å². The molecule has 1 saturated carbocycles. The lowest BCUT2D eigenvalue weighted by molar-refractivity contribution is -0.121. The van der Waals surface area contributed by atoms with E-state index in [2.05, 4.69) is 22.1 Å². The fourth-order valence-corrected chi connectivity index (χ4v) is 3.78. The van der Waals surface area contributed by atoms with E-state index < -0.39 is 0 Å². The van der Waals surface area contributed by atoms with Crippen molar-refractivity contribution in [2.24, 2.45) is 5.92 Å². The summed E-state index contributed by atoms with van der Waals surface area (Å²) < 4.78 is 7.87. The van der Waals surface area contributed by atoms with Crippen LogP contribution >= 0.6 is 0 Å². The normalized spacial score (nSPS) is 16.1. The molecule has 1 aliphatic heterocycles. The fourth-order valence-electron chi connectivity index (χ4n) is 3.78. The standard InChI is InChI=1S/C22H29N3O2/c26-22(8-4-7-17-5-2-1-3-6-17)23-13-11-20-19-16-27-14-12-21(19)25(24-20)15-18-9-10-18/h1-3,5-6,18H,4,7-16H2,(H,23,26). The number of hydrogen-bond acceptors (Lipinski definition) is 3. The summed E-state index contributed by atoms with van der Waals surface area (Å²) in [6, 6.07) is 10.3. The number of rotatable bonds is 9. The third-order valence-corrected chi connectivity index (χ3v) is 5.50. The summed E-state index contributed by atoms with van der Waals surface area (Å²) in [5, 5.41) is 7.91. The summed E-state index contributed by atoms with van der Waals surface area (Å²) in [7, 11) is 0. The van der Waals surface area contributed by atoms with Gasteiger partial charge in [0.25, 0.3) is 0 Å². The number of nitrogens with zero attached hydrogens (tertiary/aromatic N) is 2. The van der Waals surface area contributed by atoms with Crippen LogP contribution in [0.5, 0.6) is 0 Å². The number of aromatic nitrogens is 2. The lowest BCUT2D eigenvalue weighted by Crippen LogP contribution is -2.26. The van der Waals surface area contributed by atoms with Crippen LogP contribution in [0.15, 0.2) is 30.3 Å². The van der Waals surface area contributed by atoms with Crippen LogP contribution in [0.4, 0.5) is 0 Å². The quantitative estimate of drug-likeness (QED) is 0.741. The van der Waals surface area contributed by atoms with Gasteiger partial charge < -0.3 is 10.1 Å². The fraction of sp³-hybridized carbons (Fsp3) is 0.545. The third kappa shape index (κ3) is 4.98. The van der Waals surface area contributed by atoms with Crippen molar-refractivity contribution in [2.45, 2.75) is 58.1 Å². The number of carbonyl (C=O) groups excluding carboxylic acids is 1. The molecule has 144 valence electrons. The van der Waals surface area contributed by atoms with E-state index in [0.29, 0.717) is 19.6 Å². The molecule has 5 heteroatoms. The Balaban J connectivity index is 1.23. The van der Waals surface area contributed by atoms with E-state index in [9.17, 15) is 4.79 Å². The van der Waals surface area contributed by atoms with Crippen molar-refractivity contribution in [3.05, 3.63) is 52.8 Å². The highest BCUT2D eigenvalue weighted by molar-refractivity contribution is 5.75.